The molecule has 0 unspecified atom stereocenters. The van der Waals surface area contributed by atoms with Crippen molar-refractivity contribution in [2.75, 3.05) is 23.7 Å². The van der Waals surface area contributed by atoms with E-state index in [4.69, 9.17) is 0 Å². The highest BCUT2D eigenvalue weighted by atomic mass is 15.1. The largest absolute Gasteiger partial charge is 0.370 e. The molecule has 0 aliphatic carbocycles. The molecule has 2 aromatic rings. The van der Waals surface area contributed by atoms with E-state index >= 15 is 0 Å². The second-order valence-corrected chi connectivity index (χ2v) is 4.35. The zero-order chi connectivity index (χ0) is 13.3. The van der Waals surface area contributed by atoms with Gasteiger partial charge in [-0.3, -0.25) is 0 Å². The van der Waals surface area contributed by atoms with E-state index in [-0.39, 0.29) is 0 Å². The Morgan fingerprint density at radius 2 is 1.84 bits per heavy atom. The second-order valence-electron chi connectivity index (χ2n) is 4.35. The summed E-state index contributed by atoms with van der Waals surface area (Å²) in [6.07, 6.45) is 3.83. The Balaban J connectivity index is 1.82. The number of rotatable bonds is 7. The highest BCUT2D eigenvalue weighted by Gasteiger charge is 1.98. The van der Waals surface area contributed by atoms with Crippen molar-refractivity contribution in [1.29, 1.82) is 0 Å². The Morgan fingerprint density at radius 1 is 1.00 bits per heavy atom. The van der Waals surface area contributed by atoms with Gasteiger partial charge in [0.1, 0.15) is 5.82 Å². The van der Waals surface area contributed by atoms with Crippen LogP contribution >= 0.6 is 0 Å². The van der Waals surface area contributed by atoms with Crippen molar-refractivity contribution in [3.8, 4) is 0 Å². The molecule has 1 heterocycles. The van der Waals surface area contributed by atoms with Gasteiger partial charge in [-0.2, -0.15) is 4.98 Å². The van der Waals surface area contributed by atoms with Crippen LogP contribution in [0.3, 0.4) is 0 Å². The fourth-order valence-corrected chi connectivity index (χ4v) is 1.76. The first-order valence-electron chi connectivity index (χ1n) is 6.73. The lowest BCUT2D eigenvalue weighted by atomic mass is 10.1. The minimum atomic E-state index is 0.687. The number of aromatic nitrogens is 2. The van der Waals surface area contributed by atoms with Crippen molar-refractivity contribution in [1.82, 2.24) is 9.97 Å². The summed E-state index contributed by atoms with van der Waals surface area (Å²) in [5, 5.41) is 6.50. The summed E-state index contributed by atoms with van der Waals surface area (Å²) >= 11 is 0. The van der Waals surface area contributed by atoms with Gasteiger partial charge in [0.15, 0.2) is 0 Å². The maximum Gasteiger partial charge on any atom is 0.224 e. The van der Waals surface area contributed by atoms with Crippen LogP contribution in [0.5, 0.6) is 0 Å². The SMILES string of the molecule is CCCNc1nccc(NCCc2ccccc2)n1. The summed E-state index contributed by atoms with van der Waals surface area (Å²) in [4.78, 5) is 8.59. The van der Waals surface area contributed by atoms with Gasteiger partial charge in [-0.05, 0) is 24.5 Å². The van der Waals surface area contributed by atoms with Crippen molar-refractivity contribution in [2.24, 2.45) is 0 Å². The van der Waals surface area contributed by atoms with Gasteiger partial charge < -0.3 is 10.6 Å². The first-order valence-corrected chi connectivity index (χ1v) is 6.73. The molecule has 1 aromatic carbocycles. The Hall–Kier alpha value is -2.10. The summed E-state index contributed by atoms with van der Waals surface area (Å²) in [5.41, 5.74) is 1.33. The first-order chi connectivity index (χ1) is 9.38. The molecule has 0 fully saturated rings. The van der Waals surface area contributed by atoms with E-state index in [1.807, 2.05) is 12.1 Å². The lowest BCUT2D eigenvalue weighted by Crippen LogP contribution is -2.09. The lowest BCUT2D eigenvalue weighted by molar-refractivity contribution is 0.946. The van der Waals surface area contributed by atoms with Crippen molar-refractivity contribution in [2.45, 2.75) is 19.8 Å². The summed E-state index contributed by atoms with van der Waals surface area (Å²) < 4.78 is 0. The van der Waals surface area contributed by atoms with Crippen LogP contribution in [0.25, 0.3) is 0 Å². The molecular formula is C15H20N4. The zero-order valence-corrected chi connectivity index (χ0v) is 11.3. The Labute approximate surface area is 114 Å². The average molecular weight is 256 g/mol. The molecule has 0 bridgehead atoms. The highest BCUT2D eigenvalue weighted by Crippen LogP contribution is 2.06. The zero-order valence-electron chi connectivity index (χ0n) is 11.3. The molecule has 0 saturated heterocycles. The number of nitrogens with one attached hydrogen (secondary N) is 2. The van der Waals surface area contributed by atoms with Crippen molar-refractivity contribution >= 4 is 11.8 Å². The quantitative estimate of drug-likeness (QED) is 0.799. The third-order valence-corrected chi connectivity index (χ3v) is 2.75. The molecule has 0 aliphatic heterocycles. The molecule has 0 aliphatic rings. The van der Waals surface area contributed by atoms with Gasteiger partial charge in [0, 0.05) is 19.3 Å². The van der Waals surface area contributed by atoms with Crippen LogP contribution in [0.2, 0.25) is 0 Å². The van der Waals surface area contributed by atoms with Crippen molar-refractivity contribution in [3.05, 3.63) is 48.2 Å². The molecule has 19 heavy (non-hydrogen) atoms. The fraction of sp³-hybridized carbons (Fsp3) is 0.333. The van der Waals surface area contributed by atoms with E-state index in [9.17, 15) is 0 Å². The summed E-state index contributed by atoms with van der Waals surface area (Å²) in [5.74, 6) is 1.55. The van der Waals surface area contributed by atoms with E-state index in [0.29, 0.717) is 5.95 Å². The van der Waals surface area contributed by atoms with Crippen LogP contribution in [0, 0.1) is 0 Å². The topological polar surface area (TPSA) is 49.8 Å². The van der Waals surface area contributed by atoms with Gasteiger partial charge in [0.2, 0.25) is 5.95 Å². The Bertz CT molecular complexity index is 485. The Kier molecular flexibility index (Phi) is 5.17. The Morgan fingerprint density at radius 3 is 2.63 bits per heavy atom. The van der Waals surface area contributed by atoms with Crippen LogP contribution in [-0.4, -0.2) is 23.1 Å². The van der Waals surface area contributed by atoms with Crippen LogP contribution < -0.4 is 10.6 Å². The molecule has 0 amide bonds. The van der Waals surface area contributed by atoms with Crippen LogP contribution in [-0.2, 0) is 6.42 Å². The number of hydrogen-bond donors (Lipinski definition) is 2. The van der Waals surface area contributed by atoms with E-state index in [0.717, 1.165) is 31.7 Å². The predicted molar refractivity (Wildman–Crippen MR) is 79.4 cm³/mol. The summed E-state index contributed by atoms with van der Waals surface area (Å²) in [7, 11) is 0. The van der Waals surface area contributed by atoms with Crippen LogP contribution in [0.4, 0.5) is 11.8 Å². The lowest BCUT2D eigenvalue weighted by Gasteiger charge is -2.07. The molecular weight excluding hydrogens is 236 g/mol. The van der Waals surface area contributed by atoms with Gasteiger partial charge in [-0.15, -0.1) is 0 Å². The molecule has 2 N–H and O–H groups in total. The van der Waals surface area contributed by atoms with Gasteiger partial charge >= 0.3 is 0 Å². The van der Waals surface area contributed by atoms with E-state index < -0.39 is 0 Å². The van der Waals surface area contributed by atoms with E-state index in [1.54, 1.807) is 6.20 Å². The second kappa shape index (κ2) is 7.36. The molecule has 4 heteroatoms. The molecule has 0 spiro atoms. The van der Waals surface area contributed by atoms with Crippen LogP contribution in [0.15, 0.2) is 42.6 Å². The number of benzene rings is 1. The maximum atomic E-state index is 4.41. The van der Waals surface area contributed by atoms with Gasteiger partial charge in [0.05, 0.1) is 0 Å². The molecule has 0 saturated carbocycles. The monoisotopic (exact) mass is 256 g/mol. The van der Waals surface area contributed by atoms with E-state index in [2.05, 4.69) is 51.8 Å². The number of anilines is 2. The molecule has 0 atom stereocenters. The normalized spacial score (nSPS) is 10.2. The van der Waals surface area contributed by atoms with Gasteiger partial charge in [0.25, 0.3) is 0 Å². The highest BCUT2D eigenvalue weighted by molar-refractivity contribution is 5.39. The molecule has 2 rings (SSSR count). The van der Waals surface area contributed by atoms with E-state index in [1.165, 1.54) is 5.56 Å². The van der Waals surface area contributed by atoms with Crippen molar-refractivity contribution in [3.63, 3.8) is 0 Å². The molecule has 0 radical (unpaired) electrons. The molecule has 1 aromatic heterocycles. The number of nitrogens with zero attached hydrogens (tertiary/aromatic N) is 2. The smallest absolute Gasteiger partial charge is 0.224 e. The summed E-state index contributed by atoms with van der Waals surface area (Å²) in [6.45, 7) is 3.89. The van der Waals surface area contributed by atoms with Gasteiger partial charge in [-0.1, -0.05) is 37.3 Å². The fourth-order valence-electron chi connectivity index (χ4n) is 1.76. The summed E-state index contributed by atoms with van der Waals surface area (Å²) in [6, 6.07) is 12.3. The van der Waals surface area contributed by atoms with Crippen molar-refractivity contribution < 1.29 is 0 Å². The number of hydrogen-bond acceptors (Lipinski definition) is 4. The minimum Gasteiger partial charge on any atom is -0.370 e. The maximum absolute atomic E-state index is 4.41. The van der Waals surface area contributed by atoms with Crippen LogP contribution in [0.1, 0.15) is 18.9 Å². The third kappa shape index (κ3) is 4.58. The third-order valence-electron chi connectivity index (χ3n) is 2.75. The average Bonchev–Trinajstić information content (AvgIpc) is 2.47. The molecule has 4 nitrogen and oxygen atoms in total. The predicted octanol–water partition coefficient (Wildman–Crippen LogP) is 2.95. The first kappa shape index (κ1) is 13.3. The minimum absolute atomic E-state index is 0.687. The van der Waals surface area contributed by atoms with Gasteiger partial charge in [-0.25, -0.2) is 4.98 Å². The molecule has 100 valence electrons. The standard InChI is InChI=1S/C15H20N4/c1-2-10-17-15-18-12-9-14(19-15)16-11-8-13-6-4-3-5-7-13/h3-7,9,12H,2,8,10-11H2,1H3,(H2,16,17,18,19).